The summed E-state index contributed by atoms with van der Waals surface area (Å²) >= 11 is 0.919. The van der Waals surface area contributed by atoms with Crippen LogP contribution < -0.4 is 11.1 Å². The topological polar surface area (TPSA) is 116 Å². The molecule has 0 spiro atoms. The number of halogens is 2. The van der Waals surface area contributed by atoms with Crippen LogP contribution in [0.2, 0.25) is 0 Å². The Kier molecular flexibility index (Phi) is 6.26. The first-order valence-corrected chi connectivity index (χ1v) is 9.50. The average Bonchev–Trinajstić information content (AvgIpc) is 2.74. The van der Waals surface area contributed by atoms with Crippen molar-refractivity contribution in [3.8, 4) is 23.3 Å². The molecule has 1 amide bonds. The Balaban J connectivity index is 1.89. The lowest BCUT2D eigenvalue weighted by Crippen LogP contribution is -2.15. The highest BCUT2D eigenvalue weighted by Crippen LogP contribution is 2.35. The minimum atomic E-state index is -0.904. The van der Waals surface area contributed by atoms with Gasteiger partial charge in [0.15, 0.2) is 0 Å². The average molecular weight is 421 g/mol. The zero-order chi connectivity index (χ0) is 21.7. The van der Waals surface area contributed by atoms with Gasteiger partial charge in [0.1, 0.15) is 40.2 Å². The van der Waals surface area contributed by atoms with E-state index in [1.165, 1.54) is 0 Å². The van der Waals surface area contributed by atoms with Crippen molar-refractivity contribution in [2.75, 3.05) is 16.8 Å². The second kappa shape index (κ2) is 9.03. The third kappa shape index (κ3) is 4.37. The number of rotatable bonds is 5. The van der Waals surface area contributed by atoms with Crippen LogP contribution in [0.15, 0.2) is 53.6 Å². The fraction of sp³-hybridized carbons (Fsp3) is 0.0476. The fourth-order valence-electron chi connectivity index (χ4n) is 2.71. The maximum Gasteiger partial charge on any atom is 0.234 e. The largest absolute Gasteiger partial charge is 0.383 e. The van der Waals surface area contributed by atoms with Crippen molar-refractivity contribution in [1.29, 1.82) is 10.5 Å². The number of hydrogen-bond acceptors (Lipinski definition) is 6. The molecule has 148 valence electrons. The lowest BCUT2D eigenvalue weighted by atomic mass is 9.97. The van der Waals surface area contributed by atoms with E-state index in [0.717, 1.165) is 23.9 Å². The summed E-state index contributed by atoms with van der Waals surface area (Å²) in [7, 11) is 0. The Hall–Kier alpha value is -3.95. The van der Waals surface area contributed by atoms with E-state index in [9.17, 15) is 24.1 Å². The summed E-state index contributed by atoms with van der Waals surface area (Å²) in [5.41, 5.74) is 6.87. The summed E-state index contributed by atoms with van der Waals surface area (Å²) < 4.78 is 26.7. The Labute approximate surface area is 175 Å². The summed E-state index contributed by atoms with van der Waals surface area (Å²) in [6.07, 6.45) is 0. The van der Waals surface area contributed by atoms with Crippen molar-refractivity contribution in [2.45, 2.75) is 5.03 Å². The Bertz CT molecular complexity index is 1200. The number of benzene rings is 2. The molecule has 3 N–H and O–H groups in total. The minimum Gasteiger partial charge on any atom is -0.383 e. The molecule has 0 atom stereocenters. The van der Waals surface area contributed by atoms with Crippen LogP contribution in [0.4, 0.5) is 20.3 Å². The molecule has 0 saturated heterocycles. The molecule has 0 radical (unpaired) electrons. The minimum absolute atomic E-state index is 0.0668. The molecule has 1 heterocycles. The molecule has 0 aliphatic rings. The SMILES string of the molecule is N#Cc1c(N)nc(SCC(=O)Nc2ccc(F)cc2F)c(C#N)c1-c1ccccc1. The molecule has 0 bridgehead atoms. The van der Waals surface area contributed by atoms with Crippen molar-refractivity contribution in [2.24, 2.45) is 0 Å². The van der Waals surface area contributed by atoms with Gasteiger partial charge < -0.3 is 11.1 Å². The fourth-order valence-corrected chi connectivity index (χ4v) is 3.50. The van der Waals surface area contributed by atoms with Crippen LogP contribution in [-0.4, -0.2) is 16.6 Å². The van der Waals surface area contributed by atoms with Crippen LogP contribution in [0, 0.1) is 34.3 Å². The van der Waals surface area contributed by atoms with Gasteiger partial charge in [-0.05, 0) is 17.7 Å². The maximum absolute atomic E-state index is 13.7. The second-order valence-electron chi connectivity index (χ2n) is 5.98. The van der Waals surface area contributed by atoms with Gasteiger partial charge in [0.05, 0.1) is 17.0 Å². The Morgan fingerprint density at radius 2 is 1.80 bits per heavy atom. The first-order valence-electron chi connectivity index (χ1n) is 8.51. The molecular formula is C21H13F2N5OS. The second-order valence-corrected chi connectivity index (χ2v) is 6.94. The van der Waals surface area contributed by atoms with Gasteiger partial charge in [-0.1, -0.05) is 42.1 Å². The first kappa shape index (κ1) is 20.8. The highest BCUT2D eigenvalue weighted by atomic mass is 32.2. The first-order chi connectivity index (χ1) is 14.4. The molecule has 9 heteroatoms. The number of nitriles is 2. The van der Waals surface area contributed by atoms with Crippen LogP contribution in [0.5, 0.6) is 0 Å². The standard InChI is InChI=1S/C21H13F2N5OS/c22-13-6-7-17(16(23)8-13)27-18(29)11-30-21-15(10-25)19(12-4-2-1-3-5-12)14(9-24)20(26)28-21/h1-8H,11H2,(H2,26,28)(H,27,29). The molecule has 0 saturated carbocycles. The third-order valence-electron chi connectivity index (χ3n) is 4.02. The van der Waals surface area contributed by atoms with E-state index >= 15 is 0 Å². The number of pyridine rings is 1. The van der Waals surface area contributed by atoms with E-state index in [-0.39, 0.29) is 33.4 Å². The molecule has 3 rings (SSSR count). The zero-order valence-electron chi connectivity index (χ0n) is 15.3. The van der Waals surface area contributed by atoms with Crippen molar-refractivity contribution >= 4 is 29.2 Å². The van der Waals surface area contributed by atoms with E-state index in [1.807, 2.05) is 12.1 Å². The number of carbonyl (C=O) groups excluding carboxylic acids is 1. The predicted octanol–water partition coefficient (Wildman–Crippen LogP) is 4.08. The van der Waals surface area contributed by atoms with E-state index in [0.29, 0.717) is 17.2 Å². The lowest BCUT2D eigenvalue weighted by molar-refractivity contribution is -0.113. The van der Waals surface area contributed by atoms with Gasteiger partial charge in [0, 0.05) is 11.6 Å². The number of thioether (sulfide) groups is 1. The number of nitrogen functional groups attached to an aromatic ring is 1. The van der Waals surface area contributed by atoms with E-state index < -0.39 is 17.5 Å². The molecule has 2 aromatic carbocycles. The van der Waals surface area contributed by atoms with E-state index in [2.05, 4.69) is 10.3 Å². The predicted molar refractivity (Wildman–Crippen MR) is 109 cm³/mol. The van der Waals surface area contributed by atoms with Gasteiger partial charge in [-0.15, -0.1) is 0 Å². The van der Waals surface area contributed by atoms with Crippen LogP contribution >= 0.6 is 11.8 Å². The molecule has 0 fully saturated rings. The number of hydrogen-bond donors (Lipinski definition) is 2. The van der Waals surface area contributed by atoms with E-state index in [1.54, 1.807) is 30.3 Å². The Morgan fingerprint density at radius 3 is 2.43 bits per heavy atom. The number of aromatic nitrogens is 1. The van der Waals surface area contributed by atoms with Crippen molar-refractivity contribution in [3.63, 3.8) is 0 Å². The molecule has 3 aromatic rings. The van der Waals surface area contributed by atoms with Gasteiger partial charge in [-0.2, -0.15) is 10.5 Å². The third-order valence-corrected chi connectivity index (χ3v) is 5.00. The van der Waals surface area contributed by atoms with Gasteiger partial charge in [-0.3, -0.25) is 4.79 Å². The molecule has 1 aromatic heterocycles. The molecular weight excluding hydrogens is 408 g/mol. The van der Waals surface area contributed by atoms with Gasteiger partial charge in [0.2, 0.25) is 5.91 Å². The molecule has 0 aliphatic carbocycles. The number of amides is 1. The van der Waals surface area contributed by atoms with Gasteiger partial charge in [-0.25, -0.2) is 13.8 Å². The number of carbonyl (C=O) groups is 1. The summed E-state index contributed by atoms with van der Waals surface area (Å²) in [5.74, 6) is -2.52. The number of nitrogens with two attached hydrogens (primary N) is 1. The molecule has 0 unspecified atom stereocenters. The normalized spacial score (nSPS) is 10.1. The van der Waals surface area contributed by atoms with Crippen LogP contribution in [0.25, 0.3) is 11.1 Å². The van der Waals surface area contributed by atoms with Crippen LogP contribution in [0.3, 0.4) is 0 Å². The van der Waals surface area contributed by atoms with Gasteiger partial charge in [0.25, 0.3) is 0 Å². The Morgan fingerprint density at radius 1 is 1.10 bits per heavy atom. The summed E-state index contributed by atoms with van der Waals surface area (Å²) in [4.78, 5) is 16.3. The molecule has 0 aliphatic heterocycles. The zero-order valence-corrected chi connectivity index (χ0v) is 16.1. The molecule has 6 nitrogen and oxygen atoms in total. The quantitative estimate of drug-likeness (QED) is 0.600. The lowest BCUT2D eigenvalue weighted by Gasteiger charge is -2.13. The molecule has 30 heavy (non-hydrogen) atoms. The number of nitrogens with zero attached hydrogens (tertiary/aromatic N) is 3. The van der Waals surface area contributed by atoms with Crippen molar-refractivity contribution in [3.05, 3.63) is 71.3 Å². The maximum atomic E-state index is 13.7. The number of anilines is 2. The van der Waals surface area contributed by atoms with E-state index in [4.69, 9.17) is 5.73 Å². The number of nitrogens with one attached hydrogen (secondary N) is 1. The van der Waals surface area contributed by atoms with Crippen LogP contribution in [-0.2, 0) is 4.79 Å². The summed E-state index contributed by atoms with van der Waals surface area (Å²) in [6.45, 7) is 0. The van der Waals surface area contributed by atoms with Crippen molar-refractivity contribution < 1.29 is 13.6 Å². The monoisotopic (exact) mass is 421 g/mol. The highest BCUT2D eigenvalue weighted by Gasteiger charge is 2.21. The highest BCUT2D eigenvalue weighted by molar-refractivity contribution is 8.00. The van der Waals surface area contributed by atoms with Gasteiger partial charge >= 0.3 is 0 Å². The summed E-state index contributed by atoms with van der Waals surface area (Å²) in [5, 5.41) is 21.7. The van der Waals surface area contributed by atoms with Crippen LogP contribution in [0.1, 0.15) is 11.1 Å². The van der Waals surface area contributed by atoms with Crippen molar-refractivity contribution in [1.82, 2.24) is 4.98 Å². The summed E-state index contributed by atoms with van der Waals surface area (Å²) in [6, 6.07) is 15.6. The smallest absolute Gasteiger partial charge is 0.234 e.